The van der Waals surface area contributed by atoms with Gasteiger partial charge >= 0.3 is 0 Å². The third kappa shape index (κ3) is 3.15. The summed E-state index contributed by atoms with van der Waals surface area (Å²) in [4.78, 5) is 3.52. The topological polar surface area (TPSA) is 13.7 Å². The number of hydrogen-bond acceptors (Lipinski definition) is 2. The number of hydrogen-bond donors (Lipinski definition) is 1. The number of nitrogens with one attached hydrogen (secondary N) is 1. The van der Waals surface area contributed by atoms with Crippen LogP contribution in [-0.2, 0) is 0 Å². The third-order valence-corrected chi connectivity index (χ3v) is 6.34. The molecule has 2 heterocycles. The van der Waals surface area contributed by atoms with Gasteiger partial charge in [-0.1, -0.05) is 23.4 Å². The van der Waals surface area contributed by atoms with Crippen LogP contribution in [0.4, 0.5) is 4.39 Å². The van der Waals surface area contributed by atoms with E-state index in [1.807, 2.05) is 18.2 Å². The summed E-state index contributed by atoms with van der Waals surface area (Å²) in [5.41, 5.74) is 1.13. The van der Waals surface area contributed by atoms with Gasteiger partial charge < -0.3 is 9.64 Å². The maximum atomic E-state index is 13.7. The summed E-state index contributed by atoms with van der Waals surface area (Å²) in [7, 11) is 2.24. The molecule has 0 saturated carbocycles. The highest BCUT2D eigenvalue weighted by molar-refractivity contribution is 7.99. The van der Waals surface area contributed by atoms with Crippen molar-refractivity contribution in [3.05, 3.63) is 52.8 Å². The maximum absolute atomic E-state index is 13.7. The molecular formula is C19H20ClFNOS+. The van der Waals surface area contributed by atoms with Crippen LogP contribution in [0.3, 0.4) is 0 Å². The zero-order valence-corrected chi connectivity index (χ0v) is 15.1. The molecule has 24 heavy (non-hydrogen) atoms. The van der Waals surface area contributed by atoms with Gasteiger partial charge in [0.25, 0.3) is 0 Å². The van der Waals surface area contributed by atoms with E-state index in [0.29, 0.717) is 5.92 Å². The first-order valence-corrected chi connectivity index (χ1v) is 9.54. The molecule has 1 saturated heterocycles. The van der Waals surface area contributed by atoms with Crippen molar-refractivity contribution >= 4 is 23.4 Å². The van der Waals surface area contributed by atoms with Crippen molar-refractivity contribution in [2.24, 2.45) is 5.92 Å². The van der Waals surface area contributed by atoms with Gasteiger partial charge in [-0.25, -0.2) is 4.39 Å². The zero-order chi connectivity index (χ0) is 16.7. The minimum atomic E-state index is -0.235. The van der Waals surface area contributed by atoms with E-state index in [1.165, 1.54) is 6.07 Å². The van der Waals surface area contributed by atoms with E-state index in [1.54, 1.807) is 28.8 Å². The Morgan fingerprint density at radius 3 is 2.71 bits per heavy atom. The molecule has 0 aromatic heterocycles. The van der Waals surface area contributed by atoms with Crippen LogP contribution < -0.4 is 9.64 Å². The molecule has 0 radical (unpaired) electrons. The van der Waals surface area contributed by atoms with Gasteiger partial charge in [0, 0.05) is 34.2 Å². The lowest BCUT2D eigenvalue weighted by molar-refractivity contribution is -0.886. The number of piperidine rings is 1. The molecule has 4 rings (SSSR count). The largest absolute Gasteiger partial charge is 0.484 e. The average molecular weight is 365 g/mol. The molecule has 1 fully saturated rings. The highest BCUT2D eigenvalue weighted by Crippen LogP contribution is 2.47. The molecule has 0 amide bonds. The SMILES string of the molecule is C[NH+]1CCC([C@@H]2Oc3ccc(F)cc3Sc3ccc(Cl)cc32)CC1. The van der Waals surface area contributed by atoms with E-state index >= 15 is 0 Å². The molecule has 2 aromatic carbocycles. The van der Waals surface area contributed by atoms with Crippen LogP contribution in [0.5, 0.6) is 5.75 Å². The molecule has 126 valence electrons. The smallest absolute Gasteiger partial charge is 0.134 e. The molecule has 0 bridgehead atoms. The highest BCUT2D eigenvalue weighted by atomic mass is 35.5. The summed E-state index contributed by atoms with van der Waals surface area (Å²) < 4.78 is 20.1. The number of fused-ring (bicyclic) bond motifs is 2. The van der Waals surface area contributed by atoms with Crippen molar-refractivity contribution in [2.75, 3.05) is 20.1 Å². The minimum Gasteiger partial charge on any atom is -0.484 e. The summed E-state index contributed by atoms with van der Waals surface area (Å²) in [5, 5.41) is 0.721. The first-order valence-electron chi connectivity index (χ1n) is 8.35. The van der Waals surface area contributed by atoms with Crippen LogP contribution in [0.25, 0.3) is 0 Å². The van der Waals surface area contributed by atoms with Crippen LogP contribution in [0, 0.1) is 11.7 Å². The number of benzene rings is 2. The Morgan fingerprint density at radius 1 is 1.12 bits per heavy atom. The summed E-state index contributed by atoms with van der Waals surface area (Å²) >= 11 is 7.83. The normalized spacial score (nSPS) is 26.0. The first kappa shape index (κ1) is 16.2. The number of likely N-dealkylation sites (tertiary alicyclic amines) is 1. The van der Waals surface area contributed by atoms with Crippen molar-refractivity contribution in [1.29, 1.82) is 0 Å². The fourth-order valence-corrected chi connectivity index (χ4v) is 4.83. The van der Waals surface area contributed by atoms with Gasteiger partial charge in [0.15, 0.2) is 0 Å². The number of halogens is 2. The van der Waals surface area contributed by atoms with Crippen molar-refractivity contribution in [2.45, 2.75) is 28.7 Å². The second-order valence-corrected chi connectivity index (χ2v) is 8.23. The summed E-state index contributed by atoms with van der Waals surface area (Å²) in [5.74, 6) is 0.995. The van der Waals surface area contributed by atoms with Crippen molar-refractivity contribution in [3.63, 3.8) is 0 Å². The second kappa shape index (κ2) is 6.58. The Balaban J connectivity index is 1.77. The van der Waals surface area contributed by atoms with Crippen LogP contribution in [-0.4, -0.2) is 20.1 Å². The Hall–Kier alpha value is -1.23. The van der Waals surface area contributed by atoms with Crippen LogP contribution >= 0.6 is 23.4 Å². The number of ether oxygens (including phenoxy) is 1. The van der Waals surface area contributed by atoms with Gasteiger partial charge in [-0.05, 0) is 36.4 Å². The lowest BCUT2D eigenvalue weighted by Crippen LogP contribution is -3.10. The van der Waals surface area contributed by atoms with E-state index in [2.05, 4.69) is 7.05 Å². The molecule has 5 heteroatoms. The minimum absolute atomic E-state index is 0.0222. The predicted octanol–water partition coefficient (Wildman–Crippen LogP) is 3.99. The summed E-state index contributed by atoms with van der Waals surface area (Å²) in [6, 6.07) is 10.7. The summed E-state index contributed by atoms with van der Waals surface area (Å²) in [6.45, 7) is 2.31. The van der Waals surface area contributed by atoms with Gasteiger partial charge in [-0.2, -0.15) is 0 Å². The van der Waals surface area contributed by atoms with Crippen LogP contribution in [0.15, 0.2) is 46.2 Å². The highest BCUT2D eigenvalue weighted by Gasteiger charge is 2.34. The standard InChI is InChI=1S/C19H19ClFNOS/c1-22-8-6-12(7-9-22)19-15-10-13(20)2-5-17(15)24-18-11-14(21)3-4-16(18)23-19/h2-5,10-12,19H,6-9H2,1H3/p+1/t19-/m0/s1. The van der Waals surface area contributed by atoms with Crippen molar-refractivity contribution < 1.29 is 14.0 Å². The maximum Gasteiger partial charge on any atom is 0.134 e. The quantitative estimate of drug-likeness (QED) is 0.822. The van der Waals surface area contributed by atoms with E-state index in [-0.39, 0.29) is 11.9 Å². The molecule has 2 nitrogen and oxygen atoms in total. The fourth-order valence-electron chi connectivity index (χ4n) is 3.60. The molecule has 1 N–H and O–H groups in total. The lowest BCUT2D eigenvalue weighted by atomic mass is 9.87. The predicted molar refractivity (Wildman–Crippen MR) is 94.7 cm³/mol. The second-order valence-electron chi connectivity index (χ2n) is 6.71. The van der Waals surface area contributed by atoms with Gasteiger partial charge in [0.2, 0.25) is 0 Å². The Labute approximate surface area is 150 Å². The Kier molecular flexibility index (Phi) is 4.46. The monoisotopic (exact) mass is 364 g/mol. The molecular weight excluding hydrogens is 345 g/mol. The first-order chi connectivity index (χ1) is 11.6. The van der Waals surface area contributed by atoms with E-state index in [4.69, 9.17) is 16.3 Å². The Bertz CT molecular complexity index is 761. The van der Waals surface area contributed by atoms with Crippen LogP contribution in [0.1, 0.15) is 24.5 Å². The molecule has 2 aromatic rings. The van der Waals surface area contributed by atoms with Crippen molar-refractivity contribution in [1.82, 2.24) is 0 Å². The van der Waals surface area contributed by atoms with Gasteiger partial charge in [0.1, 0.15) is 17.7 Å². The third-order valence-electron chi connectivity index (χ3n) is 4.97. The zero-order valence-electron chi connectivity index (χ0n) is 13.5. The average Bonchev–Trinajstić information content (AvgIpc) is 2.72. The molecule has 2 aliphatic heterocycles. The molecule has 0 spiro atoms. The van der Waals surface area contributed by atoms with E-state index < -0.39 is 0 Å². The summed E-state index contributed by atoms with van der Waals surface area (Å²) in [6.07, 6.45) is 2.24. The van der Waals surface area contributed by atoms with Crippen molar-refractivity contribution in [3.8, 4) is 5.75 Å². The lowest BCUT2D eigenvalue weighted by Gasteiger charge is -2.32. The van der Waals surface area contributed by atoms with E-state index in [9.17, 15) is 4.39 Å². The van der Waals surface area contributed by atoms with E-state index in [0.717, 1.165) is 52.1 Å². The van der Waals surface area contributed by atoms with Gasteiger partial charge in [-0.15, -0.1) is 0 Å². The molecule has 0 aliphatic carbocycles. The van der Waals surface area contributed by atoms with Crippen LogP contribution in [0.2, 0.25) is 5.02 Å². The van der Waals surface area contributed by atoms with Gasteiger partial charge in [-0.3, -0.25) is 0 Å². The molecule has 2 aliphatic rings. The Morgan fingerprint density at radius 2 is 1.92 bits per heavy atom. The fraction of sp³-hybridized carbons (Fsp3) is 0.368. The number of rotatable bonds is 1. The molecule has 0 unspecified atom stereocenters. The number of quaternary nitrogens is 1. The molecule has 1 atom stereocenters. The van der Waals surface area contributed by atoms with Gasteiger partial charge in [0.05, 0.1) is 25.0 Å².